The molecule has 1 heterocycles. The van der Waals surface area contributed by atoms with E-state index in [1.165, 1.54) is 12.1 Å². The molecule has 1 aliphatic heterocycles. The number of anilines is 3. The highest BCUT2D eigenvalue weighted by Gasteiger charge is 2.23. The molecule has 0 aromatic heterocycles. The Morgan fingerprint density at radius 3 is 2.39 bits per heavy atom. The van der Waals surface area contributed by atoms with E-state index >= 15 is 0 Å². The van der Waals surface area contributed by atoms with Crippen LogP contribution in [-0.4, -0.2) is 72.4 Å². The van der Waals surface area contributed by atoms with Crippen LogP contribution in [0.3, 0.4) is 0 Å². The van der Waals surface area contributed by atoms with Gasteiger partial charge in [-0.2, -0.15) is 0 Å². The number of nitrogens with zero attached hydrogens (tertiary/aromatic N) is 1. The van der Waals surface area contributed by atoms with Crippen LogP contribution in [0, 0.1) is 0 Å². The molecule has 4 aromatic carbocycles. The second kappa shape index (κ2) is 17.8. The second-order valence-corrected chi connectivity index (χ2v) is 12.0. The maximum absolute atomic E-state index is 12.7. The van der Waals surface area contributed by atoms with Crippen LogP contribution in [0.15, 0.2) is 97.1 Å². The zero-order chi connectivity index (χ0) is 34.4. The summed E-state index contributed by atoms with van der Waals surface area (Å²) in [5, 5.41) is 31.7. The number of amides is 3. The van der Waals surface area contributed by atoms with Crippen LogP contribution in [0.25, 0.3) is 11.1 Å². The summed E-state index contributed by atoms with van der Waals surface area (Å²) in [6.07, 6.45) is 1.55. The number of phenolic OH excluding ortho intramolecular Hbond substituents is 1. The molecule has 0 unspecified atom stereocenters. The van der Waals surface area contributed by atoms with Crippen LogP contribution in [0.2, 0.25) is 0 Å². The number of hydrogen-bond acceptors (Lipinski definition) is 8. The summed E-state index contributed by atoms with van der Waals surface area (Å²) in [7, 11) is 0. The van der Waals surface area contributed by atoms with Crippen molar-refractivity contribution in [1.82, 2.24) is 10.2 Å². The Morgan fingerprint density at radius 2 is 1.63 bits per heavy atom. The molecule has 11 heteroatoms. The number of aliphatic hydroxyl groups excluding tert-OH is 1. The fourth-order valence-corrected chi connectivity index (χ4v) is 5.77. The summed E-state index contributed by atoms with van der Waals surface area (Å²) in [6, 6.07) is 29.8. The summed E-state index contributed by atoms with van der Waals surface area (Å²) in [4.78, 5) is 38.2. The number of hydrogen-bond donors (Lipinski definition) is 6. The van der Waals surface area contributed by atoms with E-state index in [4.69, 9.17) is 4.74 Å². The summed E-state index contributed by atoms with van der Waals surface area (Å²) in [5.41, 5.74) is 5.30. The summed E-state index contributed by atoms with van der Waals surface area (Å²) >= 11 is 0. The Labute approximate surface area is 286 Å². The Balaban J connectivity index is 0.959. The minimum Gasteiger partial charge on any atom is -0.506 e. The molecule has 49 heavy (non-hydrogen) atoms. The van der Waals surface area contributed by atoms with Crippen molar-refractivity contribution in [2.24, 2.45) is 0 Å². The van der Waals surface area contributed by atoms with Crippen molar-refractivity contribution >= 4 is 35.5 Å². The van der Waals surface area contributed by atoms with Crippen molar-refractivity contribution in [2.75, 3.05) is 48.7 Å². The first kappa shape index (κ1) is 35.1. The number of aromatic hydroxyl groups is 1. The smallest absolute Gasteiger partial charge is 0.411 e. The molecular weight excluding hydrogens is 622 g/mol. The van der Waals surface area contributed by atoms with Gasteiger partial charge in [-0.15, -0.1) is 0 Å². The highest BCUT2D eigenvalue weighted by Crippen LogP contribution is 2.28. The van der Waals surface area contributed by atoms with Crippen LogP contribution in [0.4, 0.5) is 21.9 Å². The predicted molar refractivity (Wildman–Crippen MR) is 190 cm³/mol. The first-order chi connectivity index (χ1) is 23.9. The molecule has 3 amide bonds. The summed E-state index contributed by atoms with van der Waals surface area (Å²) < 4.78 is 5.73. The maximum Gasteiger partial charge on any atom is 0.411 e. The lowest BCUT2D eigenvalue weighted by Gasteiger charge is -2.31. The average molecular weight is 666 g/mol. The van der Waals surface area contributed by atoms with Gasteiger partial charge in [0.05, 0.1) is 17.5 Å². The predicted octanol–water partition coefficient (Wildman–Crippen LogP) is 5.53. The Kier molecular flexibility index (Phi) is 12.7. The minimum absolute atomic E-state index is 0.0565. The van der Waals surface area contributed by atoms with Gasteiger partial charge < -0.3 is 35.8 Å². The van der Waals surface area contributed by atoms with Gasteiger partial charge in [-0.05, 0) is 72.8 Å². The number of para-hydroxylation sites is 1. The number of ether oxygens (including phenoxy) is 1. The van der Waals surface area contributed by atoms with E-state index in [1.807, 2.05) is 78.9 Å². The van der Waals surface area contributed by atoms with E-state index in [0.29, 0.717) is 56.6 Å². The normalized spacial score (nSPS) is 14.1. The van der Waals surface area contributed by atoms with Crippen LogP contribution in [0.1, 0.15) is 36.5 Å². The molecular formula is C38H43N5O6. The molecule has 1 saturated heterocycles. The van der Waals surface area contributed by atoms with E-state index in [-0.39, 0.29) is 23.4 Å². The van der Waals surface area contributed by atoms with Gasteiger partial charge in [-0.1, -0.05) is 66.7 Å². The number of carbonyl (C=O) groups excluding carboxylic acids is 3. The maximum atomic E-state index is 12.7. The third kappa shape index (κ3) is 10.6. The lowest BCUT2D eigenvalue weighted by Crippen LogP contribution is -2.39. The highest BCUT2D eigenvalue weighted by atomic mass is 16.6. The van der Waals surface area contributed by atoms with Gasteiger partial charge in [0.25, 0.3) is 0 Å². The minimum atomic E-state index is -0.800. The number of benzene rings is 4. The number of rotatable bonds is 15. The van der Waals surface area contributed by atoms with Crippen molar-refractivity contribution in [2.45, 2.75) is 37.9 Å². The lowest BCUT2D eigenvalue weighted by atomic mass is 10.0. The van der Waals surface area contributed by atoms with E-state index in [9.17, 15) is 24.6 Å². The first-order valence-electron chi connectivity index (χ1n) is 16.5. The SMILES string of the molecule is O=CNc1cc([C@H](O)CNCCc2ccc(NC(=O)CCN3CCC(OC(=O)Nc4ccccc4-c4ccccc4)CC3)cc2)ccc1O. The van der Waals surface area contributed by atoms with Crippen LogP contribution in [0.5, 0.6) is 5.75 Å². The largest absolute Gasteiger partial charge is 0.506 e. The number of piperidine rings is 1. The standard InChI is InChI=1S/C38H43N5O6/c44-26-40-34-24-29(12-15-35(34)45)36(46)25-39-20-16-27-10-13-30(14-11-27)41-37(47)19-23-43-21-17-31(18-22-43)49-38(48)42-33-9-5-4-8-32(33)28-6-2-1-3-7-28/h1-15,24,26,31,36,39,45-46H,16-23,25H2,(H,40,44)(H,41,47)(H,42,48)/t36-/m1/s1. The van der Waals surface area contributed by atoms with Crippen LogP contribution >= 0.6 is 0 Å². The third-order valence-electron chi connectivity index (χ3n) is 8.50. The molecule has 1 fully saturated rings. The third-order valence-corrected chi connectivity index (χ3v) is 8.50. The Hall–Kier alpha value is -5.23. The van der Waals surface area contributed by atoms with Gasteiger partial charge >= 0.3 is 6.09 Å². The molecule has 6 N–H and O–H groups in total. The Morgan fingerprint density at radius 1 is 0.898 bits per heavy atom. The quantitative estimate of drug-likeness (QED) is 0.0551. The second-order valence-electron chi connectivity index (χ2n) is 12.0. The first-order valence-corrected chi connectivity index (χ1v) is 16.5. The number of aliphatic hydroxyl groups is 1. The molecule has 256 valence electrons. The van der Waals surface area contributed by atoms with Crippen LogP contribution < -0.4 is 21.3 Å². The fraction of sp³-hybridized carbons (Fsp3) is 0.289. The molecule has 0 bridgehead atoms. The molecule has 1 atom stereocenters. The van der Waals surface area contributed by atoms with E-state index in [0.717, 1.165) is 41.9 Å². The molecule has 1 aliphatic rings. The summed E-state index contributed by atoms with van der Waals surface area (Å²) in [5.74, 6) is -0.123. The molecule has 4 aromatic rings. The number of likely N-dealkylation sites (tertiary alicyclic amines) is 1. The van der Waals surface area contributed by atoms with Crippen molar-refractivity contribution in [3.05, 3.63) is 108 Å². The number of phenols is 1. The summed E-state index contributed by atoms with van der Waals surface area (Å²) in [6.45, 7) is 3.07. The van der Waals surface area contributed by atoms with Gasteiger partial charge in [-0.25, -0.2) is 4.79 Å². The highest BCUT2D eigenvalue weighted by molar-refractivity contribution is 5.92. The van der Waals surface area contributed by atoms with Gasteiger partial charge in [0.1, 0.15) is 11.9 Å². The lowest BCUT2D eigenvalue weighted by molar-refractivity contribution is -0.116. The molecule has 0 saturated carbocycles. The molecule has 0 radical (unpaired) electrons. The molecule has 5 rings (SSSR count). The number of nitrogens with one attached hydrogen (secondary N) is 4. The van der Waals surface area contributed by atoms with Gasteiger partial charge in [-0.3, -0.25) is 14.9 Å². The molecule has 0 aliphatic carbocycles. The topological polar surface area (TPSA) is 152 Å². The van der Waals surface area contributed by atoms with E-state index in [1.54, 1.807) is 6.07 Å². The van der Waals surface area contributed by atoms with Crippen molar-refractivity contribution in [3.63, 3.8) is 0 Å². The van der Waals surface area contributed by atoms with E-state index < -0.39 is 12.2 Å². The monoisotopic (exact) mass is 665 g/mol. The zero-order valence-electron chi connectivity index (χ0n) is 27.3. The van der Waals surface area contributed by atoms with Crippen LogP contribution in [-0.2, 0) is 20.7 Å². The van der Waals surface area contributed by atoms with Gasteiger partial charge in [0.15, 0.2) is 0 Å². The van der Waals surface area contributed by atoms with E-state index in [2.05, 4.69) is 26.2 Å². The Bertz CT molecular complexity index is 1680. The van der Waals surface area contributed by atoms with Crippen molar-refractivity contribution < 1.29 is 29.3 Å². The van der Waals surface area contributed by atoms with Crippen molar-refractivity contribution in [3.8, 4) is 16.9 Å². The molecule has 0 spiro atoms. The zero-order valence-corrected chi connectivity index (χ0v) is 27.3. The molecule has 11 nitrogen and oxygen atoms in total. The fourth-order valence-electron chi connectivity index (χ4n) is 5.77. The van der Waals surface area contributed by atoms with Gasteiger partial charge in [0.2, 0.25) is 12.3 Å². The van der Waals surface area contributed by atoms with Gasteiger partial charge in [0, 0.05) is 43.9 Å². The van der Waals surface area contributed by atoms with Crippen molar-refractivity contribution in [1.29, 1.82) is 0 Å². The number of carbonyl (C=O) groups is 3. The average Bonchev–Trinajstić information content (AvgIpc) is 3.12.